The van der Waals surface area contributed by atoms with Crippen molar-refractivity contribution >= 4 is 29.3 Å². The van der Waals surface area contributed by atoms with Crippen LogP contribution in [0.3, 0.4) is 0 Å². The quantitative estimate of drug-likeness (QED) is 0.785. The second-order valence-corrected chi connectivity index (χ2v) is 4.88. The number of hydrogen-bond acceptors (Lipinski definition) is 3. The number of methoxy groups -OCH3 is 1. The first-order valence-electron chi connectivity index (χ1n) is 6.45. The highest BCUT2D eigenvalue weighted by Crippen LogP contribution is 2.28. The van der Waals surface area contributed by atoms with E-state index in [1.165, 1.54) is 6.08 Å². The van der Waals surface area contributed by atoms with Crippen LogP contribution in [0.1, 0.15) is 19.4 Å². The van der Waals surface area contributed by atoms with E-state index in [1.54, 1.807) is 13.2 Å². The number of ether oxygens (including phenoxy) is 1. The summed E-state index contributed by atoms with van der Waals surface area (Å²) >= 11 is 6.30. The molecule has 4 nitrogen and oxygen atoms in total. The van der Waals surface area contributed by atoms with Crippen LogP contribution in [0.15, 0.2) is 24.3 Å². The number of benzene rings is 1. The number of hydrogen-bond donors (Lipinski definition) is 1. The molecule has 0 aliphatic carbocycles. The third-order valence-electron chi connectivity index (χ3n) is 2.98. The first-order chi connectivity index (χ1) is 9.49. The van der Waals surface area contributed by atoms with E-state index in [-0.39, 0.29) is 6.04 Å². The lowest BCUT2D eigenvalue weighted by Gasteiger charge is -2.30. The van der Waals surface area contributed by atoms with Crippen LogP contribution in [0.2, 0.25) is 5.02 Å². The Labute approximate surface area is 124 Å². The van der Waals surface area contributed by atoms with Crippen molar-refractivity contribution in [3.8, 4) is 0 Å². The number of carboxylic acid groups (broad SMARTS) is 1. The number of halogens is 1. The van der Waals surface area contributed by atoms with Crippen molar-refractivity contribution in [2.45, 2.75) is 19.9 Å². The molecule has 0 spiro atoms. The third kappa shape index (κ3) is 4.54. The van der Waals surface area contributed by atoms with Crippen LogP contribution in [0.5, 0.6) is 0 Å². The Morgan fingerprint density at radius 2 is 2.25 bits per heavy atom. The molecule has 20 heavy (non-hydrogen) atoms. The van der Waals surface area contributed by atoms with E-state index >= 15 is 0 Å². The van der Waals surface area contributed by atoms with Crippen molar-refractivity contribution in [3.63, 3.8) is 0 Å². The van der Waals surface area contributed by atoms with Gasteiger partial charge in [-0.25, -0.2) is 4.79 Å². The van der Waals surface area contributed by atoms with Crippen LogP contribution < -0.4 is 4.90 Å². The molecule has 0 bridgehead atoms. The lowest BCUT2D eigenvalue weighted by molar-refractivity contribution is -0.131. The molecule has 0 fully saturated rings. The Morgan fingerprint density at radius 1 is 1.55 bits per heavy atom. The van der Waals surface area contributed by atoms with Gasteiger partial charge in [-0.15, -0.1) is 0 Å². The summed E-state index contributed by atoms with van der Waals surface area (Å²) in [4.78, 5) is 12.6. The summed E-state index contributed by atoms with van der Waals surface area (Å²) in [6.07, 6.45) is 2.61. The fraction of sp³-hybridized carbons (Fsp3) is 0.400. The SMILES string of the molecule is CCN(c1ccc(/C=C/C(=O)O)cc1Cl)C(C)COC. The average Bonchev–Trinajstić information content (AvgIpc) is 2.39. The number of aliphatic carboxylic acids is 1. The summed E-state index contributed by atoms with van der Waals surface area (Å²) in [7, 11) is 1.67. The normalized spacial score (nSPS) is 12.6. The van der Waals surface area contributed by atoms with Gasteiger partial charge < -0.3 is 14.7 Å². The molecule has 0 radical (unpaired) electrons. The molecule has 1 rings (SSSR count). The molecular formula is C15H20ClNO3. The topological polar surface area (TPSA) is 49.8 Å². The molecule has 0 aliphatic rings. The molecule has 1 atom stereocenters. The molecule has 0 saturated heterocycles. The van der Waals surface area contributed by atoms with Crippen LogP contribution in [-0.4, -0.2) is 37.4 Å². The van der Waals surface area contributed by atoms with E-state index in [0.717, 1.165) is 23.9 Å². The molecule has 0 heterocycles. The molecule has 0 amide bonds. The van der Waals surface area contributed by atoms with E-state index in [0.29, 0.717) is 11.6 Å². The highest BCUT2D eigenvalue weighted by Gasteiger charge is 2.15. The van der Waals surface area contributed by atoms with Crippen LogP contribution in [0, 0.1) is 0 Å². The first kappa shape index (κ1) is 16.5. The van der Waals surface area contributed by atoms with Gasteiger partial charge in [-0.3, -0.25) is 0 Å². The van der Waals surface area contributed by atoms with Crippen LogP contribution in [0.25, 0.3) is 6.08 Å². The zero-order chi connectivity index (χ0) is 15.1. The summed E-state index contributed by atoms with van der Waals surface area (Å²) in [5.41, 5.74) is 1.68. The molecule has 5 heteroatoms. The van der Waals surface area contributed by atoms with Gasteiger partial charge in [-0.2, -0.15) is 0 Å². The van der Waals surface area contributed by atoms with E-state index in [1.807, 2.05) is 12.1 Å². The van der Waals surface area contributed by atoms with Gasteiger partial charge in [0.25, 0.3) is 0 Å². The minimum absolute atomic E-state index is 0.211. The fourth-order valence-electron chi connectivity index (χ4n) is 2.08. The highest BCUT2D eigenvalue weighted by molar-refractivity contribution is 6.33. The maximum Gasteiger partial charge on any atom is 0.328 e. The van der Waals surface area contributed by atoms with E-state index in [4.69, 9.17) is 21.4 Å². The molecule has 1 aromatic rings. The fourth-order valence-corrected chi connectivity index (χ4v) is 2.38. The van der Waals surface area contributed by atoms with Gasteiger partial charge in [0, 0.05) is 25.8 Å². The van der Waals surface area contributed by atoms with Crippen molar-refractivity contribution in [1.82, 2.24) is 0 Å². The Bertz CT molecular complexity index is 488. The van der Waals surface area contributed by atoms with Crippen molar-refractivity contribution in [3.05, 3.63) is 34.9 Å². The monoisotopic (exact) mass is 297 g/mol. The standard InChI is InChI=1S/C15H20ClNO3/c1-4-17(11(2)10-20-3)14-7-5-12(9-13(14)16)6-8-15(18)19/h5-9,11H,4,10H2,1-3H3,(H,18,19)/b8-6+. The molecule has 1 N–H and O–H groups in total. The lowest BCUT2D eigenvalue weighted by Crippen LogP contribution is -2.36. The molecular weight excluding hydrogens is 278 g/mol. The summed E-state index contributed by atoms with van der Waals surface area (Å²) in [5, 5.41) is 9.21. The molecule has 110 valence electrons. The summed E-state index contributed by atoms with van der Waals surface area (Å²) in [5.74, 6) is -0.978. The summed E-state index contributed by atoms with van der Waals surface area (Å²) < 4.78 is 5.18. The first-order valence-corrected chi connectivity index (χ1v) is 6.83. The number of rotatable bonds is 7. The van der Waals surface area contributed by atoms with Gasteiger partial charge in [0.2, 0.25) is 0 Å². The lowest BCUT2D eigenvalue weighted by atomic mass is 10.1. The van der Waals surface area contributed by atoms with Crippen LogP contribution >= 0.6 is 11.6 Å². The van der Waals surface area contributed by atoms with Crippen LogP contribution in [0.4, 0.5) is 5.69 Å². The summed E-state index contributed by atoms with van der Waals surface area (Å²) in [6, 6.07) is 5.73. The van der Waals surface area contributed by atoms with Gasteiger partial charge in [-0.05, 0) is 37.6 Å². The second-order valence-electron chi connectivity index (χ2n) is 4.47. The Kier molecular flexibility index (Phi) is 6.55. The second kappa shape index (κ2) is 7.92. The Balaban J connectivity index is 2.98. The molecule has 0 aliphatic heterocycles. The average molecular weight is 298 g/mol. The van der Waals surface area contributed by atoms with E-state index in [9.17, 15) is 4.79 Å². The van der Waals surface area contributed by atoms with Crippen molar-refractivity contribution in [2.24, 2.45) is 0 Å². The minimum atomic E-state index is -0.978. The number of nitrogens with zero attached hydrogens (tertiary/aromatic N) is 1. The predicted molar refractivity (Wildman–Crippen MR) is 82.5 cm³/mol. The smallest absolute Gasteiger partial charge is 0.328 e. The number of likely N-dealkylation sites (N-methyl/N-ethyl adjacent to an activating group) is 1. The molecule has 0 saturated carbocycles. The third-order valence-corrected chi connectivity index (χ3v) is 3.28. The van der Waals surface area contributed by atoms with Crippen LogP contribution in [-0.2, 0) is 9.53 Å². The Hall–Kier alpha value is -1.52. The van der Waals surface area contributed by atoms with Gasteiger partial charge in [0.15, 0.2) is 0 Å². The maximum atomic E-state index is 10.5. The molecule has 0 aromatic heterocycles. The number of anilines is 1. The predicted octanol–water partition coefficient (Wildman–Crippen LogP) is 3.30. The maximum absolute atomic E-state index is 10.5. The zero-order valence-electron chi connectivity index (χ0n) is 12.0. The van der Waals surface area contributed by atoms with Gasteiger partial charge >= 0.3 is 5.97 Å². The highest BCUT2D eigenvalue weighted by atomic mass is 35.5. The molecule has 1 aromatic carbocycles. The van der Waals surface area contributed by atoms with Crippen molar-refractivity contribution in [1.29, 1.82) is 0 Å². The number of carboxylic acids is 1. The largest absolute Gasteiger partial charge is 0.478 e. The Morgan fingerprint density at radius 3 is 2.75 bits per heavy atom. The van der Waals surface area contributed by atoms with Crippen molar-refractivity contribution in [2.75, 3.05) is 25.2 Å². The van der Waals surface area contributed by atoms with Gasteiger partial charge in [0.05, 0.1) is 17.3 Å². The minimum Gasteiger partial charge on any atom is -0.478 e. The zero-order valence-corrected chi connectivity index (χ0v) is 12.7. The number of carbonyl (C=O) groups is 1. The van der Waals surface area contributed by atoms with Crippen molar-refractivity contribution < 1.29 is 14.6 Å². The summed E-state index contributed by atoms with van der Waals surface area (Å²) in [6.45, 7) is 5.56. The van der Waals surface area contributed by atoms with Gasteiger partial charge in [-0.1, -0.05) is 17.7 Å². The molecule has 1 unspecified atom stereocenters. The van der Waals surface area contributed by atoms with E-state index in [2.05, 4.69) is 18.7 Å². The van der Waals surface area contributed by atoms with Gasteiger partial charge in [0.1, 0.15) is 0 Å². The van der Waals surface area contributed by atoms with E-state index < -0.39 is 5.97 Å².